The van der Waals surface area contributed by atoms with Gasteiger partial charge in [0.05, 0.1) is 4.92 Å². The van der Waals surface area contributed by atoms with Gasteiger partial charge in [0.1, 0.15) is 6.61 Å². The summed E-state index contributed by atoms with van der Waals surface area (Å²) in [5.41, 5.74) is 2.85. The van der Waals surface area contributed by atoms with E-state index < -0.39 is 10.9 Å². The summed E-state index contributed by atoms with van der Waals surface area (Å²) in [5.74, 6) is -0.537. The van der Waals surface area contributed by atoms with Gasteiger partial charge in [-0.2, -0.15) is 0 Å². The van der Waals surface area contributed by atoms with Crippen LogP contribution in [-0.2, 0) is 16.1 Å². The van der Waals surface area contributed by atoms with Gasteiger partial charge in [0, 0.05) is 6.07 Å². The minimum atomic E-state index is -0.580. The van der Waals surface area contributed by atoms with Crippen molar-refractivity contribution in [1.82, 2.24) is 0 Å². The average Bonchev–Trinajstić information content (AvgIpc) is 2.54. The van der Waals surface area contributed by atoms with Crippen LogP contribution in [0.5, 0.6) is 5.75 Å². The van der Waals surface area contributed by atoms with Crippen molar-refractivity contribution in [3.05, 3.63) is 69.3 Å². The zero-order valence-corrected chi connectivity index (χ0v) is 12.9. The van der Waals surface area contributed by atoms with Crippen LogP contribution in [0.2, 0.25) is 0 Å². The SMILES string of the molecule is Cc1ccc(C)c(COC(=O)COc2ccccc2[N+](=O)[O-])c1. The summed E-state index contributed by atoms with van der Waals surface area (Å²) in [7, 11) is 0. The van der Waals surface area contributed by atoms with Gasteiger partial charge < -0.3 is 9.47 Å². The van der Waals surface area contributed by atoms with Crippen molar-refractivity contribution >= 4 is 11.7 Å². The molecule has 0 spiro atoms. The second-order valence-electron chi connectivity index (χ2n) is 5.10. The lowest BCUT2D eigenvalue weighted by atomic mass is 10.1. The molecule has 0 aromatic heterocycles. The van der Waals surface area contributed by atoms with E-state index in [1.165, 1.54) is 18.2 Å². The summed E-state index contributed by atoms with van der Waals surface area (Å²) in [6.07, 6.45) is 0. The second kappa shape index (κ2) is 7.40. The van der Waals surface area contributed by atoms with Crippen molar-refractivity contribution in [3.8, 4) is 5.75 Å². The van der Waals surface area contributed by atoms with E-state index in [0.29, 0.717) is 0 Å². The molecule has 2 aromatic carbocycles. The Hall–Kier alpha value is -2.89. The van der Waals surface area contributed by atoms with Crippen LogP contribution in [0, 0.1) is 24.0 Å². The Morgan fingerprint density at radius 1 is 1.17 bits per heavy atom. The number of carbonyl (C=O) groups is 1. The van der Waals surface area contributed by atoms with E-state index in [1.54, 1.807) is 6.07 Å². The minimum Gasteiger partial charge on any atom is -0.475 e. The first kappa shape index (κ1) is 16.5. The van der Waals surface area contributed by atoms with Crippen molar-refractivity contribution in [2.75, 3.05) is 6.61 Å². The predicted molar refractivity (Wildman–Crippen MR) is 84.3 cm³/mol. The molecule has 0 amide bonds. The molecule has 6 heteroatoms. The number of hydrogen-bond acceptors (Lipinski definition) is 5. The van der Waals surface area contributed by atoms with Gasteiger partial charge in [-0.1, -0.05) is 35.9 Å². The molecule has 0 saturated carbocycles. The number of nitro benzene ring substituents is 1. The zero-order valence-electron chi connectivity index (χ0n) is 12.9. The van der Waals surface area contributed by atoms with Gasteiger partial charge in [0.15, 0.2) is 12.4 Å². The molecule has 0 bridgehead atoms. The first-order valence-electron chi connectivity index (χ1n) is 7.05. The van der Waals surface area contributed by atoms with Gasteiger partial charge in [0.25, 0.3) is 0 Å². The zero-order chi connectivity index (χ0) is 16.8. The third-order valence-electron chi connectivity index (χ3n) is 3.30. The molecular weight excluding hydrogens is 298 g/mol. The van der Waals surface area contributed by atoms with E-state index in [4.69, 9.17) is 9.47 Å². The van der Waals surface area contributed by atoms with Crippen molar-refractivity contribution < 1.29 is 19.2 Å². The number of para-hydroxylation sites is 2. The number of nitro groups is 1. The standard InChI is InChI=1S/C17H17NO5/c1-12-7-8-13(2)14(9-12)10-23-17(19)11-22-16-6-4-3-5-15(16)18(20)21/h3-9H,10-11H2,1-2H3. The van der Waals surface area contributed by atoms with Gasteiger partial charge in [-0.05, 0) is 31.0 Å². The molecule has 0 unspecified atom stereocenters. The van der Waals surface area contributed by atoms with Crippen molar-refractivity contribution in [1.29, 1.82) is 0 Å². The largest absolute Gasteiger partial charge is 0.475 e. The molecule has 0 N–H and O–H groups in total. The van der Waals surface area contributed by atoms with Crippen LogP contribution >= 0.6 is 0 Å². The number of hydrogen-bond donors (Lipinski definition) is 0. The van der Waals surface area contributed by atoms with E-state index in [1.807, 2.05) is 32.0 Å². The average molecular weight is 315 g/mol. The highest BCUT2D eigenvalue weighted by molar-refractivity contribution is 5.71. The van der Waals surface area contributed by atoms with Crippen LogP contribution in [0.15, 0.2) is 42.5 Å². The molecule has 0 aliphatic rings. The summed E-state index contributed by atoms with van der Waals surface area (Å²) in [6, 6.07) is 11.8. The van der Waals surface area contributed by atoms with Gasteiger partial charge in [-0.15, -0.1) is 0 Å². The van der Waals surface area contributed by atoms with E-state index in [9.17, 15) is 14.9 Å². The molecule has 0 heterocycles. The van der Waals surface area contributed by atoms with Crippen LogP contribution in [-0.4, -0.2) is 17.5 Å². The highest BCUT2D eigenvalue weighted by Crippen LogP contribution is 2.25. The van der Waals surface area contributed by atoms with Gasteiger partial charge in [0.2, 0.25) is 0 Å². The monoisotopic (exact) mass is 315 g/mol. The lowest BCUT2D eigenvalue weighted by molar-refractivity contribution is -0.385. The summed E-state index contributed by atoms with van der Waals surface area (Å²) in [4.78, 5) is 22.0. The van der Waals surface area contributed by atoms with Crippen LogP contribution in [0.1, 0.15) is 16.7 Å². The highest BCUT2D eigenvalue weighted by atomic mass is 16.6. The number of rotatable bonds is 6. The lowest BCUT2D eigenvalue weighted by Gasteiger charge is -2.09. The molecule has 0 aliphatic carbocycles. The normalized spacial score (nSPS) is 10.2. The van der Waals surface area contributed by atoms with Gasteiger partial charge >= 0.3 is 11.7 Å². The molecule has 6 nitrogen and oxygen atoms in total. The van der Waals surface area contributed by atoms with Gasteiger partial charge in [-0.25, -0.2) is 4.79 Å². The number of nitrogens with zero attached hydrogens (tertiary/aromatic N) is 1. The predicted octanol–water partition coefficient (Wildman–Crippen LogP) is 3.33. The van der Waals surface area contributed by atoms with E-state index in [2.05, 4.69) is 0 Å². The fourth-order valence-electron chi connectivity index (χ4n) is 2.02. The van der Waals surface area contributed by atoms with E-state index in [0.717, 1.165) is 16.7 Å². The van der Waals surface area contributed by atoms with Crippen LogP contribution in [0.4, 0.5) is 5.69 Å². The highest BCUT2D eigenvalue weighted by Gasteiger charge is 2.15. The maximum absolute atomic E-state index is 11.7. The molecule has 0 radical (unpaired) electrons. The minimum absolute atomic E-state index is 0.0428. The lowest BCUT2D eigenvalue weighted by Crippen LogP contribution is -2.15. The third-order valence-corrected chi connectivity index (χ3v) is 3.30. The first-order chi connectivity index (χ1) is 11.0. The fourth-order valence-corrected chi connectivity index (χ4v) is 2.02. The van der Waals surface area contributed by atoms with Crippen molar-refractivity contribution in [2.24, 2.45) is 0 Å². The Balaban J connectivity index is 1.91. The molecule has 0 fully saturated rings. The summed E-state index contributed by atoms with van der Waals surface area (Å²) in [5, 5.41) is 10.9. The Labute approximate surface area is 133 Å². The number of carbonyl (C=O) groups excluding carboxylic acids is 1. The van der Waals surface area contributed by atoms with Crippen LogP contribution < -0.4 is 4.74 Å². The van der Waals surface area contributed by atoms with Crippen molar-refractivity contribution in [3.63, 3.8) is 0 Å². The first-order valence-corrected chi connectivity index (χ1v) is 7.05. The maximum atomic E-state index is 11.7. The number of aryl methyl sites for hydroxylation is 2. The number of esters is 1. The molecule has 23 heavy (non-hydrogen) atoms. The third kappa shape index (κ3) is 4.54. The topological polar surface area (TPSA) is 78.7 Å². The van der Waals surface area contributed by atoms with Crippen LogP contribution in [0.25, 0.3) is 0 Å². The van der Waals surface area contributed by atoms with Crippen LogP contribution in [0.3, 0.4) is 0 Å². The smallest absolute Gasteiger partial charge is 0.344 e. The molecule has 2 rings (SSSR count). The Bertz CT molecular complexity index is 727. The second-order valence-corrected chi connectivity index (χ2v) is 5.10. The maximum Gasteiger partial charge on any atom is 0.344 e. The number of ether oxygens (including phenoxy) is 2. The molecule has 2 aromatic rings. The Morgan fingerprint density at radius 3 is 2.65 bits per heavy atom. The van der Waals surface area contributed by atoms with Crippen molar-refractivity contribution in [2.45, 2.75) is 20.5 Å². The molecular formula is C17H17NO5. The summed E-state index contributed by atoms with van der Waals surface area (Å²) in [6.45, 7) is 3.66. The quantitative estimate of drug-likeness (QED) is 0.464. The molecule has 0 saturated heterocycles. The Kier molecular flexibility index (Phi) is 5.30. The molecule has 0 atom stereocenters. The Morgan fingerprint density at radius 2 is 1.91 bits per heavy atom. The van der Waals surface area contributed by atoms with Gasteiger partial charge in [-0.3, -0.25) is 10.1 Å². The van der Waals surface area contributed by atoms with E-state index >= 15 is 0 Å². The fraction of sp³-hybridized carbons (Fsp3) is 0.235. The summed E-state index contributed by atoms with van der Waals surface area (Å²) < 4.78 is 10.3. The van der Waals surface area contributed by atoms with E-state index in [-0.39, 0.29) is 24.7 Å². The molecule has 120 valence electrons. The number of benzene rings is 2. The summed E-state index contributed by atoms with van der Waals surface area (Å²) >= 11 is 0. The molecule has 0 aliphatic heterocycles.